The number of nitrogens with one attached hydrogen (secondary N) is 2. The van der Waals surface area contributed by atoms with Gasteiger partial charge in [0.1, 0.15) is 17.5 Å². The molecule has 2 N–H and O–H groups in total. The van der Waals surface area contributed by atoms with E-state index < -0.39 is 0 Å². The first-order valence-electron chi connectivity index (χ1n) is 7.86. The molecule has 0 aliphatic heterocycles. The minimum Gasteiger partial charge on any atom is -0.382 e. The Bertz CT molecular complexity index is 483. The highest BCUT2D eigenvalue weighted by Gasteiger charge is 2.29. The average Bonchev–Trinajstić information content (AvgIpc) is 3.23. The van der Waals surface area contributed by atoms with Crippen molar-refractivity contribution in [2.24, 2.45) is 0 Å². The van der Waals surface area contributed by atoms with Crippen LogP contribution in [0.3, 0.4) is 0 Å². The Kier molecular flexibility index (Phi) is 5.04. The summed E-state index contributed by atoms with van der Waals surface area (Å²) in [6.45, 7) is 10.0. The van der Waals surface area contributed by atoms with Crippen molar-refractivity contribution < 1.29 is 4.74 Å². The number of nitrogens with zero attached hydrogens (tertiary/aromatic N) is 2. The summed E-state index contributed by atoms with van der Waals surface area (Å²) in [5.74, 6) is 3.39. The topological polar surface area (TPSA) is 59.1 Å². The van der Waals surface area contributed by atoms with Gasteiger partial charge in [0, 0.05) is 25.1 Å². The molecule has 1 saturated carbocycles. The zero-order chi connectivity index (χ0) is 15.5. The van der Waals surface area contributed by atoms with Crippen molar-refractivity contribution in [1.29, 1.82) is 0 Å². The fraction of sp³-hybridized carbons (Fsp3) is 0.750. The number of hydrogen-bond acceptors (Lipinski definition) is 5. The Morgan fingerprint density at radius 2 is 1.90 bits per heavy atom. The lowest BCUT2D eigenvalue weighted by Crippen LogP contribution is -2.36. The van der Waals surface area contributed by atoms with E-state index in [1.54, 1.807) is 7.11 Å². The maximum Gasteiger partial charge on any atom is 0.136 e. The Balaban J connectivity index is 2.27. The van der Waals surface area contributed by atoms with Crippen LogP contribution >= 0.6 is 0 Å². The van der Waals surface area contributed by atoms with Crippen LogP contribution in [0.15, 0.2) is 0 Å². The second-order valence-corrected chi connectivity index (χ2v) is 6.55. The molecule has 0 spiro atoms. The second-order valence-electron chi connectivity index (χ2n) is 6.55. The fourth-order valence-electron chi connectivity index (χ4n) is 2.31. The highest BCUT2D eigenvalue weighted by atomic mass is 16.5. The Morgan fingerprint density at radius 1 is 1.24 bits per heavy atom. The van der Waals surface area contributed by atoms with E-state index in [0.717, 1.165) is 36.0 Å². The van der Waals surface area contributed by atoms with Crippen molar-refractivity contribution in [1.82, 2.24) is 9.97 Å². The van der Waals surface area contributed by atoms with Crippen molar-refractivity contribution in [2.45, 2.75) is 58.4 Å². The van der Waals surface area contributed by atoms with E-state index in [0.29, 0.717) is 12.5 Å². The van der Waals surface area contributed by atoms with Crippen molar-refractivity contribution in [3.8, 4) is 0 Å². The Hall–Kier alpha value is -1.36. The molecule has 0 radical (unpaired) electrons. The van der Waals surface area contributed by atoms with Crippen LogP contribution in [0.25, 0.3) is 0 Å². The van der Waals surface area contributed by atoms with E-state index in [1.807, 2.05) is 0 Å². The summed E-state index contributed by atoms with van der Waals surface area (Å²) >= 11 is 0. The van der Waals surface area contributed by atoms with E-state index in [4.69, 9.17) is 14.7 Å². The molecule has 0 unspecified atom stereocenters. The molecule has 0 atom stereocenters. The largest absolute Gasteiger partial charge is 0.382 e. The number of aromatic nitrogens is 2. The molecule has 1 fully saturated rings. The zero-order valence-electron chi connectivity index (χ0n) is 13.9. The van der Waals surface area contributed by atoms with Gasteiger partial charge in [-0.05, 0) is 40.0 Å². The van der Waals surface area contributed by atoms with Gasteiger partial charge in [0.25, 0.3) is 0 Å². The van der Waals surface area contributed by atoms with E-state index in [2.05, 4.69) is 38.3 Å². The number of anilines is 2. The van der Waals surface area contributed by atoms with E-state index in [9.17, 15) is 0 Å². The number of methoxy groups -OCH3 is 1. The normalized spacial score (nSPS) is 15.1. The minimum absolute atomic E-state index is 0.156. The molecule has 1 aromatic heterocycles. The molecule has 0 aromatic carbocycles. The highest BCUT2D eigenvalue weighted by molar-refractivity contribution is 5.58. The van der Waals surface area contributed by atoms with Gasteiger partial charge in [-0.2, -0.15) is 0 Å². The lowest BCUT2D eigenvalue weighted by Gasteiger charge is -2.27. The molecule has 0 bridgehead atoms. The van der Waals surface area contributed by atoms with Crippen LogP contribution in [0.5, 0.6) is 0 Å². The molecule has 1 aromatic rings. The first-order valence-corrected chi connectivity index (χ1v) is 7.86. The summed E-state index contributed by atoms with van der Waals surface area (Å²) in [5.41, 5.74) is 0.925. The highest BCUT2D eigenvalue weighted by Crippen LogP contribution is 2.39. The summed E-state index contributed by atoms with van der Waals surface area (Å²) in [6, 6.07) is 0. The van der Waals surface area contributed by atoms with Gasteiger partial charge in [0.15, 0.2) is 0 Å². The van der Waals surface area contributed by atoms with Gasteiger partial charge in [-0.25, -0.2) is 9.97 Å². The van der Waals surface area contributed by atoms with E-state index in [1.165, 1.54) is 12.8 Å². The second kappa shape index (κ2) is 6.60. The standard InChI is InChI=1S/C16H28N4O/c1-6-9-17-13-11(2)14(20-16(3,4)10-21-5)19-15(18-13)12-7-8-12/h12H,6-10H2,1-5H3,(H2,17,18,19,20). The summed E-state index contributed by atoms with van der Waals surface area (Å²) in [6.07, 6.45) is 3.49. The van der Waals surface area contributed by atoms with Gasteiger partial charge >= 0.3 is 0 Å². The molecular formula is C16H28N4O. The van der Waals surface area contributed by atoms with Crippen LogP contribution in [0.1, 0.15) is 57.3 Å². The van der Waals surface area contributed by atoms with Crippen LogP contribution in [0, 0.1) is 6.92 Å². The van der Waals surface area contributed by atoms with Gasteiger partial charge in [-0.3, -0.25) is 0 Å². The minimum atomic E-state index is -0.156. The first kappa shape index (κ1) is 16.0. The Morgan fingerprint density at radius 3 is 2.48 bits per heavy atom. The molecule has 0 amide bonds. The van der Waals surface area contributed by atoms with Gasteiger partial charge in [-0.15, -0.1) is 0 Å². The van der Waals surface area contributed by atoms with Crippen molar-refractivity contribution >= 4 is 11.6 Å². The quantitative estimate of drug-likeness (QED) is 0.769. The molecule has 1 aliphatic carbocycles. The van der Waals surface area contributed by atoms with Crippen LogP contribution in [0.4, 0.5) is 11.6 Å². The number of hydrogen-bond donors (Lipinski definition) is 2. The van der Waals surface area contributed by atoms with E-state index >= 15 is 0 Å². The molecule has 5 nitrogen and oxygen atoms in total. The lowest BCUT2D eigenvalue weighted by atomic mass is 10.1. The molecule has 118 valence electrons. The molecule has 1 heterocycles. The third-order valence-electron chi connectivity index (χ3n) is 3.61. The smallest absolute Gasteiger partial charge is 0.136 e. The molecular weight excluding hydrogens is 264 g/mol. The number of rotatable bonds is 8. The number of ether oxygens (including phenoxy) is 1. The molecule has 5 heteroatoms. The summed E-state index contributed by atoms with van der Waals surface area (Å²) in [4.78, 5) is 9.47. The molecule has 0 saturated heterocycles. The molecule has 2 rings (SSSR count). The van der Waals surface area contributed by atoms with Crippen molar-refractivity contribution in [3.05, 3.63) is 11.4 Å². The molecule has 1 aliphatic rings. The van der Waals surface area contributed by atoms with E-state index in [-0.39, 0.29) is 5.54 Å². The lowest BCUT2D eigenvalue weighted by molar-refractivity contribution is 0.158. The van der Waals surface area contributed by atoms with Gasteiger partial charge in [0.2, 0.25) is 0 Å². The summed E-state index contributed by atoms with van der Waals surface area (Å²) in [5, 5.41) is 6.93. The maximum absolute atomic E-state index is 5.28. The summed E-state index contributed by atoms with van der Waals surface area (Å²) in [7, 11) is 1.72. The summed E-state index contributed by atoms with van der Waals surface area (Å²) < 4.78 is 5.28. The van der Waals surface area contributed by atoms with Crippen molar-refractivity contribution in [2.75, 3.05) is 30.9 Å². The SMILES string of the molecule is CCCNc1nc(C2CC2)nc(NC(C)(C)COC)c1C. The monoisotopic (exact) mass is 292 g/mol. The fourth-order valence-corrected chi connectivity index (χ4v) is 2.31. The predicted molar refractivity (Wildman–Crippen MR) is 87.1 cm³/mol. The van der Waals surface area contributed by atoms with Crippen molar-refractivity contribution in [3.63, 3.8) is 0 Å². The third-order valence-corrected chi connectivity index (χ3v) is 3.61. The van der Waals surface area contributed by atoms with Gasteiger partial charge in [0.05, 0.1) is 12.1 Å². The first-order chi connectivity index (χ1) is 9.96. The van der Waals surface area contributed by atoms with Crippen LogP contribution in [-0.4, -0.2) is 35.8 Å². The van der Waals surface area contributed by atoms with Crippen LogP contribution in [0.2, 0.25) is 0 Å². The maximum atomic E-state index is 5.28. The van der Waals surface area contributed by atoms with Crippen LogP contribution < -0.4 is 10.6 Å². The average molecular weight is 292 g/mol. The van der Waals surface area contributed by atoms with Gasteiger partial charge < -0.3 is 15.4 Å². The predicted octanol–water partition coefficient (Wildman–Crippen LogP) is 3.32. The Labute approximate surface area is 127 Å². The van der Waals surface area contributed by atoms with Crippen LogP contribution in [-0.2, 0) is 4.74 Å². The zero-order valence-corrected chi connectivity index (χ0v) is 13.9. The van der Waals surface area contributed by atoms with Gasteiger partial charge in [-0.1, -0.05) is 6.92 Å². The third kappa shape index (κ3) is 4.30. The molecule has 21 heavy (non-hydrogen) atoms.